The quantitative estimate of drug-likeness (QED) is 0.339. The Bertz CT molecular complexity index is 185. The van der Waals surface area contributed by atoms with Crippen LogP contribution in [0.3, 0.4) is 0 Å². The summed E-state index contributed by atoms with van der Waals surface area (Å²) in [5, 5.41) is 16.0. The zero-order valence-corrected chi connectivity index (χ0v) is 4.47. The fraction of sp³-hybridized carbons (Fsp3) is 0. The van der Waals surface area contributed by atoms with E-state index in [1.54, 1.807) is 0 Å². The van der Waals surface area contributed by atoms with Gasteiger partial charge in [-0.1, -0.05) is 0 Å². The second-order valence-electron chi connectivity index (χ2n) is 1.24. The fourth-order valence-corrected chi connectivity index (χ4v) is 0.186. The van der Waals surface area contributed by atoms with Crippen LogP contribution in [0.15, 0.2) is 11.5 Å². The van der Waals surface area contributed by atoms with Gasteiger partial charge in [0.2, 0.25) is 11.5 Å². The van der Waals surface area contributed by atoms with Crippen LogP contribution in [0, 0.1) is 0 Å². The Morgan fingerprint density at radius 3 is 1.20 bits per heavy atom. The van der Waals surface area contributed by atoms with E-state index in [4.69, 9.17) is 10.2 Å². The summed E-state index contributed by atoms with van der Waals surface area (Å²) < 4.78 is 22.6. The molecule has 0 atom stereocenters. The minimum Gasteiger partial charge on any atom is -0.500 e. The molecule has 0 amide bonds. The maximum atomic E-state index is 11.3. The molecule has 0 aliphatic rings. The van der Waals surface area contributed by atoms with Crippen LogP contribution < -0.4 is 0 Å². The number of hydrogen-bond acceptors (Lipinski definition) is 4. The van der Waals surface area contributed by atoms with Gasteiger partial charge in [-0.25, -0.2) is 0 Å². The number of hydrogen-bond donors (Lipinski definition) is 2. The normalized spacial score (nSPS) is 12.2. The molecule has 0 heterocycles. The molecule has 0 fully saturated rings. The Morgan fingerprint density at radius 1 is 0.900 bits per heavy atom. The number of carbonyl (C=O) groups is 2. The first-order valence-electron chi connectivity index (χ1n) is 1.98. The van der Waals surface area contributed by atoms with Gasteiger partial charge in [0, 0.05) is 0 Å². The van der Waals surface area contributed by atoms with Gasteiger partial charge in [-0.3, -0.25) is 9.59 Å². The maximum Gasteiger partial charge on any atom is 0.370 e. The molecule has 0 aliphatic heterocycles. The van der Waals surface area contributed by atoms with E-state index in [0.717, 1.165) is 0 Å². The van der Waals surface area contributed by atoms with Crippen molar-refractivity contribution in [3.63, 3.8) is 0 Å². The van der Waals surface area contributed by atoms with Crippen molar-refractivity contribution >= 4 is 12.1 Å². The van der Waals surface area contributed by atoms with Crippen LogP contribution in [0.5, 0.6) is 0 Å². The van der Waals surface area contributed by atoms with Gasteiger partial charge >= 0.3 is 12.1 Å². The monoisotopic (exact) mass is 152 g/mol. The molecule has 0 rings (SSSR count). The molecule has 0 saturated carbocycles. The van der Waals surface area contributed by atoms with Crippen molar-refractivity contribution in [2.24, 2.45) is 0 Å². The summed E-state index contributed by atoms with van der Waals surface area (Å²) in [6, 6.07) is -4.94. The molecule has 0 unspecified atom stereocenters. The van der Waals surface area contributed by atoms with Crippen LogP contribution >= 0.6 is 0 Å². The van der Waals surface area contributed by atoms with Crippen LogP contribution in [0.1, 0.15) is 0 Å². The Balaban J connectivity index is 4.67. The van der Waals surface area contributed by atoms with E-state index in [2.05, 4.69) is 0 Å². The lowest BCUT2D eigenvalue weighted by Gasteiger charge is -1.90. The van der Waals surface area contributed by atoms with Gasteiger partial charge in [0.1, 0.15) is 0 Å². The average molecular weight is 152 g/mol. The summed E-state index contributed by atoms with van der Waals surface area (Å²) >= 11 is 0. The van der Waals surface area contributed by atoms with Crippen molar-refractivity contribution < 1.29 is 28.6 Å². The topological polar surface area (TPSA) is 74.6 Å². The van der Waals surface area contributed by atoms with Gasteiger partial charge in [-0.2, -0.15) is 8.78 Å². The Labute approximate surface area is 53.4 Å². The Morgan fingerprint density at radius 2 is 1.10 bits per heavy atom. The molecule has 0 radical (unpaired) electrons. The predicted octanol–water partition coefficient (Wildman–Crippen LogP) is 0.306. The summed E-state index contributed by atoms with van der Waals surface area (Å²) in [5.41, 5.74) is 0. The van der Waals surface area contributed by atoms with E-state index in [0.29, 0.717) is 0 Å². The van der Waals surface area contributed by atoms with Crippen LogP contribution in [0.25, 0.3) is 0 Å². The Kier molecular flexibility index (Phi) is 2.48. The number of allylic oxidation sites excluding steroid dienone is 2. The zero-order chi connectivity index (χ0) is 8.31. The summed E-state index contributed by atoms with van der Waals surface area (Å²) in [5.74, 6) is -3.85. The van der Waals surface area contributed by atoms with E-state index in [-0.39, 0.29) is 0 Å². The lowest BCUT2D eigenvalue weighted by atomic mass is 10.4. The minimum absolute atomic E-state index is 1.92. The van der Waals surface area contributed by atoms with Crippen LogP contribution in [-0.4, -0.2) is 22.3 Å². The third kappa shape index (κ3) is 1.81. The lowest BCUT2D eigenvalue weighted by Crippen LogP contribution is -2.04. The molecule has 0 aromatic rings. The highest BCUT2D eigenvalue weighted by molar-refractivity contribution is 5.95. The molecular formula is C4H2F2O4. The van der Waals surface area contributed by atoms with Gasteiger partial charge in [-0.05, 0) is 0 Å². The summed E-state index contributed by atoms with van der Waals surface area (Å²) in [4.78, 5) is 18.9. The smallest absolute Gasteiger partial charge is 0.370 e. The van der Waals surface area contributed by atoms with Crippen molar-refractivity contribution in [2.75, 3.05) is 0 Å². The molecule has 10 heavy (non-hydrogen) atoms. The van der Waals surface area contributed by atoms with E-state index < -0.39 is 23.6 Å². The second-order valence-corrected chi connectivity index (χ2v) is 1.24. The van der Waals surface area contributed by atoms with E-state index in [1.807, 2.05) is 0 Å². The summed E-state index contributed by atoms with van der Waals surface area (Å²) in [6.45, 7) is 0. The molecule has 6 heteroatoms. The molecule has 0 saturated heterocycles. The lowest BCUT2D eigenvalue weighted by molar-refractivity contribution is -0.132. The van der Waals surface area contributed by atoms with Gasteiger partial charge in [0.05, 0.1) is 0 Å². The molecule has 4 nitrogen and oxygen atoms in total. The number of aliphatic hydroxyl groups is 2. The number of aliphatic hydroxyl groups excluding tert-OH is 2. The molecule has 0 aliphatic carbocycles. The van der Waals surface area contributed by atoms with Crippen molar-refractivity contribution in [2.45, 2.75) is 0 Å². The Hall–Kier alpha value is -1.46. The van der Waals surface area contributed by atoms with E-state index >= 15 is 0 Å². The molecule has 56 valence electrons. The third-order valence-corrected chi connectivity index (χ3v) is 0.597. The first kappa shape index (κ1) is 8.54. The number of halogens is 2. The summed E-state index contributed by atoms with van der Waals surface area (Å²) in [7, 11) is 0. The molecular weight excluding hydrogens is 150 g/mol. The van der Waals surface area contributed by atoms with Crippen molar-refractivity contribution in [3.8, 4) is 0 Å². The van der Waals surface area contributed by atoms with Crippen molar-refractivity contribution in [1.29, 1.82) is 0 Å². The van der Waals surface area contributed by atoms with Gasteiger partial charge in [0.15, 0.2) is 0 Å². The number of rotatable bonds is 2. The van der Waals surface area contributed by atoms with Gasteiger partial charge in [0.25, 0.3) is 0 Å². The standard InChI is InChI=1S/C4H2F2O4/c5-3(9)1(7)2(8)4(6)10/h7-8H/b2-1+. The molecule has 0 aromatic heterocycles. The third-order valence-electron chi connectivity index (χ3n) is 0.597. The second kappa shape index (κ2) is 2.90. The first-order valence-corrected chi connectivity index (χ1v) is 1.98. The van der Waals surface area contributed by atoms with Crippen LogP contribution in [-0.2, 0) is 9.59 Å². The molecule has 0 bridgehead atoms. The van der Waals surface area contributed by atoms with Gasteiger partial charge in [-0.15, -0.1) is 0 Å². The zero-order valence-electron chi connectivity index (χ0n) is 4.47. The maximum absolute atomic E-state index is 11.3. The minimum atomic E-state index is -2.47. The predicted molar refractivity (Wildman–Crippen MR) is 24.5 cm³/mol. The first-order chi connectivity index (χ1) is 4.46. The SMILES string of the molecule is O=C(F)/C(O)=C(\O)C(=O)F. The fourth-order valence-electron chi connectivity index (χ4n) is 0.186. The van der Waals surface area contributed by atoms with Crippen molar-refractivity contribution in [3.05, 3.63) is 11.5 Å². The van der Waals surface area contributed by atoms with Crippen LogP contribution in [0.2, 0.25) is 0 Å². The largest absolute Gasteiger partial charge is 0.500 e. The van der Waals surface area contributed by atoms with E-state index in [9.17, 15) is 18.4 Å². The molecule has 0 aromatic carbocycles. The van der Waals surface area contributed by atoms with E-state index in [1.165, 1.54) is 0 Å². The average Bonchev–Trinajstić information content (AvgIpc) is 1.84. The number of carbonyl (C=O) groups excluding carboxylic acids is 2. The molecule has 0 spiro atoms. The van der Waals surface area contributed by atoms with Crippen LogP contribution in [0.4, 0.5) is 8.78 Å². The summed E-state index contributed by atoms with van der Waals surface area (Å²) in [6.07, 6.45) is 0. The highest BCUT2D eigenvalue weighted by Crippen LogP contribution is 2.01. The molecule has 2 N–H and O–H groups in total. The highest BCUT2D eigenvalue weighted by Gasteiger charge is 2.18. The van der Waals surface area contributed by atoms with Gasteiger partial charge < -0.3 is 10.2 Å². The highest BCUT2D eigenvalue weighted by atomic mass is 19.1. The van der Waals surface area contributed by atoms with Crippen molar-refractivity contribution in [1.82, 2.24) is 0 Å².